The van der Waals surface area contributed by atoms with Gasteiger partial charge in [0.25, 0.3) is 5.22 Å². The monoisotopic (exact) mass is 401 g/mol. The first-order valence-electron chi connectivity index (χ1n) is 7.59. The Bertz CT molecular complexity index is 884. The van der Waals surface area contributed by atoms with Crippen molar-refractivity contribution in [3.05, 3.63) is 29.3 Å². The van der Waals surface area contributed by atoms with Crippen LogP contribution in [0.3, 0.4) is 0 Å². The third-order valence-corrected chi connectivity index (χ3v) is 6.64. The van der Waals surface area contributed by atoms with Gasteiger partial charge in [0.1, 0.15) is 0 Å². The first kappa shape index (κ1) is 18.2. The number of rotatable bonds is 5. The molecular formula is C15H16ClN3O4S2. The fourth-order valence-electron chi connectivity index (χ4n) is 2.43. The summed E-state index contributed by atoms with van der Waals surface area (Å²) in [6, 6.07) is 6.70. The Morgan fingerprint density at radius 2 is 2.24 bits per heavy atom. The van der Waals surface area contributed by atoms with Crippen molar-refractivity contribution in [1.29, 1.82) is 0 Å². The van der Waals surface area contributed by atoms with Gasteiger partial charge in [-0.15, -0.1) is 10.2 Å². The fourth-order valence-corrected chi connectivity index (χ4v) is 4.98. The Balaban J connectivity index is 1.59. The van der Waals surface area contributed by atoms with Crippen LogP contribution in [0.1, 0.15) is 13.3 Å². The van der Waals surface area contributed by atoms with Crippen LogP contribution in [-0.2, 0) is 14.6 Å². The number of halogens is 1. The van der Waals surface area contributed by atoms with Crippen LogP contribution >= 0.6 is 23.4 Å². The Hall–Kier alpha value is -1.58. The summed E-state index contributed by atoms with van der Waals surface area (Å²) >= 11 is 7.06. The molecule has 2 heterocycles. The van der Waals surface area contributed by atoms with E-state index in [2.05, 4.69) is 15.5 Å². The molecule has 7 nitrogen and oxygen atoms in total. The van der Waals surface area contributed by atoms with Gasteiger partial charge in [0.15, 0.2) is 9.84 Å². The smallest absolute Gasteiger partial charge is 0.277 e. The third kappa shape index (κ3) is 4.74. The summed E-state index contributed by atoms with van der Waals surface area (Å²) in [5, 5.41) is 11.0. The van der Waals surface area contributed by atoms with Gasteiger partial charge in [-0.2, -0.15) is 0 Å². The van der Waals surface area contributed by atoms with Crippen LogP contribution < -0.4 is 5.32 Å². The Morgan fingerprint density at radius 3 is 2.92 bits per heavy atom. The molecule has 1 fully saturated rings. The number of nitrogens with zero attached hydrogens (tertiary/aromatic N) is 2. The summed E-state index contributed by atoms with van der Waals surface area (Å²) in [6.07, 6.45) is 0.449. The maximum Gasteiger partial charge on any atom is 0.277 e. The van der Waals surface area contributed by atoms with Gasteiger partial charge in [0, 0.05) is 16.6 Å². The van der Waals surface area contributed by atoms with Gasteiger partial charge >= 0.3 is 0 Å². The van der Waals surface area contributed by atoms with Crippen molar-refractivity contribution in [3.63, 3.8) is 0 Å². The molecule has 1 amide bonds. The van der Waals surface area contributed by atoms with Crippen molar-refractivity contribution < 1.29 is 17.6 Å². The predicted octanol–water partition coefficient (Wildman–Crippen LogP) is 2.17. The molecule has 0 aliphatic carbocycles. The zero-order chi connectivity index (χ0) is 18.0. The molecule has 1 aliphatic rings. The van der Waals surface area contributed by atoms with Gasteiger partial charge in [-0.05, 0) is 31.5 Å². The molecular weight excluding hydrogens is 386 g/mol. The summed E-state index contributed by atoms with van der Waals surface area (Å²) in [6.45, 7) is 1.70. The highest BCUT2D eigenvalue weighted by Gasteiger charge is 2.30. The van der Waals surface area contributed by atoms with Crippen molar-refractivity contribution in [3.8, 4) is 11.5 Å². The lowest BCUT2D eigenvalue weighted by Gasteiger charge is -2.14. The van der Waals surface area contributed by atoms with Crippen LogP contribution in [0.15, 0.2) is 33.9 Å². The number of aromatic nitrogens is 2. The number of hydrogen-bond donors (Lipinski definition) is 1. The predicted molar refractivity (Wildman–Crippen MR) is 95.3 cm³/mol. The largest absolute Gasteiger partial charge is 0.411 e. The molecule has 0 unspecified atom stereocenters. The van der Waals surface area contributed by atoms with Crippen LogP contribution in [0, 0.1) is 0 Å². The third-order valence-electron chi connectivity index (χ3n) is 3.70. The molecule has 1 aromatic heterocycles. The number of benzene rings is 1. The molecule has 0 radical (unpaired) electrons. The quantitative estimate of drug-likeness (QED) is 0.766. The molecule has 3 rings (SSSR count). The molecule has 0 spiro atoms. The molecule has 0 saturated carbocycles. The lowest BCUT2D eigenvalue weighted by molar-refractivity contribution is -0.120. The number of amides is 1. The minimum absolute atomic E-state index is 0.00437. The zero-order valence-electron chi connectivity index (χ0n) is 13.3. The summed E-state index contributed by atoms with van der Waals surface area (Å²) in [4.78, 5) is 12.2. The SMILES string of the molecule is C[C@@H](Sc1nnc(-c2cccc(Cl)c2)o1)C(=O)N[C@@H]1CCS(=O)(=O)C1. The summed E-state index contributed by atoms with van der Waals surface area (Å²) in [5.41, 5.74) is 0.695. The number of nitrogens with one attached hydrogen (secondary N) is 1. The highest BCUT2D eigenvalue weighted by atomic mass is 35.5. The van der Waals surface area contributed by atoms with E-state index in [1.165, 1.54) is 0 Å². The highest BCUT2D eigenvalue weighted by Crippen LogP contribution is 2.27. The fraction of sp³-hybridized carbons (Fsp3) is 0.400. The lowest BCUT2D eigenvalue weighted by atomic mass is 10.2. The van der Waals surface area contributed by atoms with E-state index in [1.54, 1.807) is 31.2 Å². The van der Waals surface area contributed by atoms with E-state index in [4.69, 9.17) is 16.0 Å². The minimum atomic E-state index is -3.03. The highest BCUT2D eigenvalue weighted by molar-refractivity contribution is 8.00. The van der Waals surface area contributed by atoms with Crippen molar-refractivity contribution in [1.82, 2.24) is 15.5 Å². The van der Waals surface area contributed by atoms with Crippen LogP contribution in [0.5, 0.6) is 0 Å². The van der Waals surface area contributed by atoms with E-state index >= 15 is 0 Å². The second kappa shape index (κ2) is 7.35. The van der Waals surface area contributed by atoms with Crippen molar-refractivity contribution in [2.45, 2.75) is 29.9 Å². The van der Waals surface area contributed by atoms with Crippen LogP contribution in [-0.4, -0.2) is 47.3 Å². The average molecular weight is 402 g/mol. The van der Waals surface area contributed by atoms with E-state index in [0.717, 1.165) is 11.8 Å². The summed E-state index contributed by atoms with van der Waals surface area (Å²) in [5.74, 6) is 0.177. The summed E-state index contributed by atoms with van der Waals surface area (Å²) < 4.78 is 28.4. The van der Waals surface area contributed by atoms with Gasteiger partial charge < -0.3 is 9.73 Å². The molecule has 2 atom stereocenters. The number of carbonyl (C=O) groups is 1. The van der Waals surface area contributed by atoms with E-state index in [9.17, 15) is 13.2 Å². The van der Waals surface area contributed by atoms with Crippen LogP contribution in [0.4, 0.5) is 0 Å². The van der Waals surface area contributed by atoms with Gasteiger partial charge in [0.2, 0.25) is 11.8 Å². The van der Waals surface area contributed by atoms with Crippen molar-refractivity contribution >= 4 is 39.1 Å². The van der Waals surface area contributed by atoms with Gasteiger partial charge in [-0.25, -0.2) is 8.42 Å². The maximum atomic E-state index is 12.2. The lowest BCUT2D eigenvalue weighted by Crippen LogP contribution is -2.39. The van der Waals surface area contributed by atoms with E-state index < -0.39 is 15.1 Å². The number of sulfone groups is 1. The second-order valence-electron chi connectivity index (χ2n) is 5.75. The van der Waals surface area contributed by atoms with Crippen LogP contribution in [0.2, 0.25) is 5.02 Å². The molecule has 25 heavy (non-hydrogen) atoms. The molecule has 10 heteroatoms. The zero-order valence-corrected chi connectivity index (χ0v) is 15.7. The number of hydrogen-bond acceptors (Lipinski definition) is 7. The first-order chi connectivity index (χ1) is 11.8. The van der Waals surface area contributed by atoms with Gasteiger partial charge in [-0.3, -0.25) is 4.79 Å². The molecule has 1 aromatic carbocycles. The molecule has 2 aromatic rings. The van der Waals surface area contributed by atoms with Gasteiger partial charge in [-0.1, -0.05) is 29.4 Å². The normalized spacial score (nSPS) is 20.3. The molecule has 1 saturated heterocycles. The van der Waals surface area contributed by atoms with Crippen LogP contribution in [0.25, 0.3) is 11.5 Å². The second-order valence-corrected chi connectivity index (χ2v) is 9.71. The topological polar surface area (TPSA) is 102 Å². The van der Waals surface area contributed by atoms with Crippen molar-refractivity contribution in [2.24, 2.45) is 0 Å². The van der Waals surface area contributed by atoms with Crippen molar-refractivity contribution in [2.75, 3.05) is 11.5 Å². The number of carbonyl (C=O) groups excluding carboxylic acids is 1. The Morgan fingerprint density at radius 1 is 1.44 bits per heavy atom. The minimum Gasteiger partial charge on any atom is -0.411 e. The summed E-state index contributed by atoms with van der Waals surface area (Å²) in [7, 11) is -3.03. The first-order valence-corrected chi connectivity index (χ1v) is 10.7. The standard InChI is InChI=1S/C15H16ClN3O4S2/c1-9(13(20)17-12-5-6-25(21,22)8-12)24-15-19-18-14(23-15)10-3-2-4-11(16)7-10/h2-4,7,9,12H,5-6,8H2,1H3,(H,17,20)/t9-,12-/m1/s1. The molecule has 0 bridgehead atoms. The van der Waals surface area contributed by atoms with E-state index in [1.807, 2.05) is 0 Å². The van der Waals surface area contributed by atoms with E-state index in [0.29, 0.717) is 22.9 Å². The Kier molecular flexibility index (Phi) is 5.35. The Labute approximate surface area is 154 Å². The van der Waals surface area contributed by atoms with Gasteiger partial charge in [0.05, 0.1) is 16.8 Å². The maximum absolute atomic E-state index is 12.2. The molecule has 1 aliphatic heterocycles. The number of thioether (sulfide) groups is 1. The molecule has 1 N–H and O–H groups in total. The average Bonchev–Trinajstić information content (AvgIpc) is 3.13. The van der Waals surface area contributed by atoms with E-state index in [-0.39, 0.29) is 28.7 Å². The molecule has 134 valence electrons.